The number of alkyl halides is 3. The highest BCUT2D eigenvalue weighted by molar-refractivity contribution is 5.40. The molecule has 3 rings (SSSR count). The summed E-state index contributed by atoms with van der Waals surface area (Å²) in [4.78, 5) is 11.0. The van der Waals surface area contributed by atoms with Crippen molar-refractivity contribution in [2.75, 3.05) is 57.8 Å². The number of aliphatic hydroxyl groups is 1. The standard InChI is InChI=1S/C19H29F3N4O/c1-24-8-10-25(11-9-24)17-6-7-26(14-15(17)3-2-12-27)18-5-4-16(13-23-18)19(20,21)22/h4-5,13,15,17,27H,2-3,6-12,14H2,1H3/t15-,17+/m0/s1. The van der Waals surface area contributed by atoms with Crippen molar-refractivity contribution in [2.45, 2.75) is 31.5 Å². The molecule has 2 saturated heterocycles. The fourth-order valence-corrected chi connectivity index (χ4v) is 4.24. The molecule has 0 aromatic carbocycles. The van der Waals surface area contributed by atoms with E-state index in [0.29, 0.717) is 17.8 Å². The summed E-state index contributed by atoms with van der Waals surface area (Å²) in [5.74, 6) is 0.993. The van der Waals surface area contributed by atoms with Crippen molar-refractivity contribution in [3.63, 3.8) is 0 Å². The molecule has 1 aromatic rings. The van der Waals surface area contributed by atoms with Crippen molar-refractivity contribution in [1.82, 2.24) is 14.8 Å². The Kier molecular flexibility index (Phi) is 6.60. The summed E-state index contributed by atoms with van der Waals surface area (Å²) in [6, 6.07) is 3.05. The number of hydrogen-bond acceptors (Lipinski definition) is 5. The number of nitrogens with zero attached hydrogens (tertiary/aromatic N) is 4. The Bertz CT molecular complexity index is 588. The van der Waals surface area contributed by atoms with Gasteiger partial charge in [-0.25, -0.2) is 4.98 Å². The van der Waals surface area contributed by atoms with Crippen molar-refractivity contribution in [3.05, 3.63) is 23.9 Å². The summed E-state index contributed by atoms with van der Waals surface area (Å²) in [6.07, 6.45) is -0.787. The molecule has 2 fully saturated rings. The quantitative estimate of drug-likeness (QED) is 0.841. The molecular formula is C19H29F3N4O. The number of aromatic nitrogens is 1. The number of anilines is 1. The van der Waals surface area contributed by atoms with Gasteiger partial charge in [0.25, 0.3) is 0 Å². The molecule has 0 unspecified atom stereocenters. The van der Waals surface area contributed by atoms with Crippen molar-refractivity contribution < 1.29 is 18.3 Å². The molecule has 5 nitrogen and oxygen atoms in total. The van der Waals surface area contributed by atoms with Crippen LogP contribution in [0.3, 0.4) is 0 Å². The number of aliphatic hydroxyl groups excluding tert-OH is 1. The highest BCUT2D eigenvalue weighted by Crippen LogP contribution is 2.32. The normalized spacial score (nSPS) is 25.7. The average Bonchev–Trinajstić information content (AvgIpc) is 2.66. The molecule has 0 radical (unpaired) electrons. The third-order valence-corrected chi connectivity index (χ3v) is 5.83. The van der Waals surface area contributed by atoms with E-state index in [2.05, 4.69) is 26.7 Å². The molecule has 1 N–H and O–H groups in total. The fraction of sp³-hybridized carbons (Fsp3) is 0.737. The van der Waals surface area contributed by atoms with E-state index in [9.17, 15) is 18.3 Å². The topological polar surface area (TPSA) is 42.8 Å². The predicted molar refractivity (Wildman–Crippen MR) is 98.7 cm³/mol. The lowest BCUT2D eigenvalue weighted by Gasteiger charge is -2.46. The number of piperazine rings is 1. The van der Waals surface area contributed by atoms with Gasteiger partial charge in [0.1, 0.15) is 5.82 Å². The third kappa shape index (κ3) is 5.12. The van der Waals surface area contributed by atoms with E-state index in [1.165, 1.54) is 6.07 Å². The molecule has 152 valence electrons. The number of rotatable bonds is 5. The Hall–Kier alpha value is -1.38. The van der Waals surface area contributed by atoms with E-state index >= 15 is 0 Å². The van der Waals surface area contributed by atoms with Gasteiger partial charge in [-0.05, 0) is 44.4 Å². The summed E-state index contributed by atoms with van der Waals surface area (Å²) < 4.78 is 38.3. The zero-order valence-electron chi connectivity index (χ0n) is 15.8. The van der Waals surface area contributed by atoms with E-state index in [1.54, 1.807) is 0 Å². The van der Waals surface area contributed by atoms with Crippen LogP contribution in [0.25, 0.3) is 0 Å². The van der Waals surface area contributed by atoms with E-state index in [-0.39, 0.29) is 6.61 Å². The Morgan fingerprint density at radius 1 is 1.15 bits per heavy atom. The van der Waals surface area contributed by atoms with E-state index in [1.807, 2.05) is 0 Å². The first-order chi connectivity index (χ1) is 12.9. The molecule has 0 spiro atoms. The Labute approximate surface area is 158 Å². The second kappa shape index (κ2) is 8.75. The van der Waals surface area contributed by atoms with Crippen LogP contribution in [0.4, 0.5) is 19.0 Å². The Morgan fingerprint density at radius 3 is 2.48 bits per heavy atom. The SMILES string of the molecule is CN1CCN([C@@H]2CCN(c3ccc(C(F)(F)F)cn3)C[C@@H]2CCCO)CC1. The second-order valence-electron chi connectivity index (χ2n) is 7.67. The average molecular weight is 386 g/mol. The van der Waals surface area contributed by atoms with Crippen LogP contribution in [-0.4, -0.2) is 78.9 Å². The summed E-state index contributed by atoms with van der Waals surface area (Å²) in [7, 11) is 2.14. The molecule has 1 aromatic heterocycles. The van der Waals surface area contributed by atoms with Crippen molar-refractivity contribution >= 4 is 5.82 Å². The summed E-state index contributed by atoms with van der Waals surface area (Å²) in [6.45, 7) is 5.97. The van der Waals surface area contributed by atoms with Gasteiger partial charge >= 0.3 is 6.18 Å². The van der Waals surface area contributed by atoms with Crippen LogP contribution in [0.15, 0.2) is 18.3 Å². The first-order valence-corrected chi connectivity index (χ1v) is 9.70. The van der Waals surface area contributed by atoms with Crippen LogP contribution < -0.4 is 4.90 Å². The van der Waals surface area contributed by atoms with Gasteiger partial charge in [-0.3, -0.25) is 4.90 Å². The van der Waals surface area contributed by atoms with Crippen LogP contribution in [0.5, 0.6) is 0 Å². The number of halogens is 3. The molecule has 0 amide bonds. The first kappa shape index (κ1) is 20.4. The molecule has 2 aliphatic heterocycles. The molecule has 0 bridgehead atoms. The van der Waals surface area contributed by atoms with Crippen LogP contribution >= 0.6 is 0 Å². The lowest BCUT2D eigenvalue weighted by atomic mass is 9.86. The lowest BCUT2D eigenvalue weighted by Crippen LogP contribution is -2.56. The molecule has 27 heavy (non-hydrogen) atoms. The van der Waals surface area contributed by atoms with Crippen LogP contribution in [0.2, 0.25) is 0 Å². The Balaban J connectivity index is 1.68. The van der Waals surface area contributed by atoms with Gasteiger partial charge in [0.05, 0.1) is 5.56 Å². The van der Waals surface area contributed by atoms with Gasteiger partial charge in [-0.2, -0.15) is 13.2 Å². The Morgan fingerprint density at radius 2 is 1.89 bits per heavy atom. The lowest BCUT2D eigenvalue weighted by molar-refractivity contribution is -0.137. The monoisotopic (exact) mass is 386 g/mol. The summed E-state index contributed by atoms with van der Waals surface area (Å²) in [5, 5.41) is 9.27. The maximum Gasteiger partial charge on any atom is 0.417 e. The van der Waals surface area contributed by atoms with Gasteiger partial charge in [0.2, 0.25) is 0 Å². The van der Waals surface area contributed by atoms with E-state index in [4.69, 9.17) is 0 Å². The van der Waals surface area contributed by atoms with Crippen LogP contribution in [-0.2, 0) is 6.18 Å². The minimum absolute atomic E-state index is 0.171. The largest absolute Gasteiger partial charge is 0.417 e. The second-order valence-corrected chi connectivity index (χ2v) is 7.67. The minimum atomic E-state index is -4.36. The summed E-state index contributed by atoms with van der Waals surface area (Å²) in [5.41, 5.74) is -0.713. The highest BCUT2D eigenvalue weighted by Gasteiger charge is 2.35. The van der Waals surface area contributed by atoms with Gasteiger partial charge in [-0.15, -0.1) is 0 Å². The number of likely N-dealkylation sites (N-methyl/N-ethyl adjacent to an activating group) is 1. The smallest absolute Gasteiger partial charge is 0.396 e. The third-order valence-electron chi connectivity index (χ3n) is 5.83. The minimum Gasteiger partial charge on any atom is -0.396 e. The van der Waals surface area contributed by atoms with Gasteiger partial charge in [0.15, 0.2) is 0 Å². The van der Waals surface area contributed by atoms with E-state index < -0.39 is 11.7 Å². The number of pyridine rings is 1. The predicted octanol–water partition coefficient (Wildman–Crippen LogP) is 2.32. The molecular weight excluding hydrogens is 357 g/mol. The molecule has 2 atom stereocenters. The first-order valence-electron chi connectivity index (χ1n) is 9.70. The molecule has 0 saturated carbocycles. The molecule has 2 aliphatic rings. The number of hydrogen-bond donors (Lipinski definition) is 1. The van der Waals surface area contributed by atoms with Crippen LogP contribution in [0, 0.1) is 5.92 Å². The van der Waals surface area contributed by atoms with Gasteiger partial charge in [-0.1, -0.05) is 0 Å². The maximum absolute atomic E-state index is 12.8. The highest BCUT2D eigenvalue weighted by atomic mass is 19.4. The van der Waals surface area contributed by atoms with Crippen LogP contribution in [0.1, 0.15) is 24.8 Å². The number of piperidine rings is 1. The molecule has 3 heterocycles. The molecule has 8 heteroatoms. The fourth-order valence-electron chi connectivity index (χ4n) is 4.24. The van der Waals surface area contributed by atoms with Crippen molar-refractivity contribution in [1.29, 1.82) is 0 Å². The summed E-state index contributed by atoms with van der Waals surface area (Å²) >= 11 is 0. The van der Waals surface area contributed by atoms with Gasteiger partial charge in [0, 0.05) is 58.1 Å². The van der Waals surface area contributed by atoms with Crippen molar-refractivity contribution in [2.24, 2.45) is 5.92 Å². The van der Waals surface area contributed by atoms with E-state index in [0.717, 1.165) is 70.8 Å². The van der Waals surface area contributed by atoms with Gasteiger partial charge < -0.3 is 14.9 Å². The zero-order chi connectivity index (χ0) is 19.4. The zero-order valence-corrected chi connectivity index (χ0v) is 15.8. The van der Waals surface area contributed by atoms with Crippen molar-refractivity contribution in [3.8, 4) is 0 Å². The molecule has 0 aliphatic carbocycles. The maximum atomic E-state index is 12.8.